The number of hydrogen-bond acceptors (Lipinski definition) is 9. The molecule has 0 fully saturated rings. The lowest BCUT2D eigenvalue weighted by Gasteiger charge is -2.15. The standard InChI is InChI=1S/C26H26F3N7O4S/c27-26(28,29)40-19-10-6-7-17(13-19)14-22(38)31-25-34-33-23(41-25)11-4-5-12-36-15-20(32-35-36)24(39)30-21(16-37)18-8-2-1-3-9-18/h1-3,6-10,13,15,21,37H,4-5,11-12,14,16H2,(H,30,39)(H,31,34,38). The Balaban J connectivity index is 1.18. The molecular weight excluding hydrogens is 563 g/mol. The van der Waals surface area contributed by atoms with Gasteiger partial charge in [0.1, 0.15) is 10.8 Å². The van der Waals surface area contributed by atoms with E-state index >= 15 is 0 Å². The fraction of sp³-hybridized carbons (Fsp3) is 0.308. The number of aryl methyl sites for hydroxylation is 2. The molecule has 0 saturated carbocycles. The summed E-state index contributed by atoms with van der Waals surface area (Å²) in [6.45, 7) is 0.261. The van der Waals surface area contributed by atoms with Crippen LogP contribution in [0.2, 0.25) is 0 Å². The lowest BCUT2D eigenvalue weighted by atomic mass is 10.1. The van der Waals surface area contributed by atoms with E-state index in [0.29, 0.717) is 30.0 Å². The van der Waals surface area contributed by atoms with Crippen LogP contribution in [0.3, 0.4) is 0 Å². The quantitative estimate of drug-likeness (QED) is 0.200. The number of nitrogens with zero attached hydrogens (tertiary/aromatic N) is 5. The van der Waals surface area contributed by atoms with Crippen LogP contribution in [0.15, 0.2) is 60.8 Å². The first-order valence-electron chi connectivity index (χ1n) is 12.5. The van der Waals surface area contributed by atoms with Gasteiger partial charge in [-0.2, -0.15) is 0 Å². The number of aromatic nitrogens is 5. The van der Waals surface area contributed by atoms with Gasteiger partial charge in [-0.1, -0.05) is 59.0 Å². The van der Waals surface area contributed by atoms with Crippen LogP contribution < -0.4 is 15.4 Å². The third-order valence-corrected chi connectivity index (χ3v) is 6.60. The third kappa shape index (κ3) is 9.36. The molecule has 0 aliphatic rings. The van der Waals surface area contributed by atoms with Gasteiger partial charge in [-0.05, 0) is 36.1 Å². The molecule has 2 amide bonds. The summed E-state index contributed by atoms with van der Waals surface area (Å²) in [5.41, 5.74) is 1.27. The minimum Gasteiger partial charge on any atom is -0.406 e. The molecule has 4 aromatic rings. The number of amides is 2. The molecule has 0 aliphatic heterocycles. The molecule has 2 heterocycles. The second-order valence-electron chi connectivity index (χ2n) is 8.86. The Bertz CT molecular complexity index is 1450. The zero-order chi connectivity index (χ0) is 29.2. The number of rotatable bonds is 13. The van der Waals surface area contributed by atoms with Crippen molar-refractivity contribution in [2.45, 2.75) is 44.6 Å². The Labute approximate surface area is 236 Å². The fourth-order valence-electron chi connectivity index (χ4n) is 3.82. The highest BCUT2D eigenvalue weighted by Gasteiger charge is 2.31. The number of benzene rings is 2. The molecule has 216 valence electrons. The van der Waals surface area contributed by atoms with Gasteiger partial charge >= 0.3 is 6.36 Å². The number of carbonyl (C=O) groups is 2. The predicted octanol–water partition coefficient (Wildman–Crippen LogP) is 3.70. The van der Waals surface area contributed by atoms with Crippen LogP contribution in [0.1, 0.15) is 45.5 Å². The van der Waals surface area contributed by atoms with Gasteiger partial charge in [-0.25, -0.2) is 0 Å². The van der Waals surface area contributed by atoms with Gasteiger partial charge < -0.3 is 20.5 Å². The maximum absolute atomic E-state index is 12.5. The van der Waals surface area contributed by atoms with Gasteiger partial charge in [0.25, 0.3) is 5.91 Å². The van der Waals surface area contributed by atoms with Crippen LogP contribution >= 0.6 is 11.3 Å². The SMILES string of the molecule is O=C(Cc1cccc(OC(F)(F)F)c1)Nc1nnc(CCCCn2cc(C(=O)NC(CO)c3ccccc3)nn2)s1. The van der Waals surface area contributed by atoms with Crippen LogP contribution in [-0.2, 0) is 24.2 Å². The van der Waals surface area contributed by atoms with E-state index in [1.54, 1.807) is 4.68 Å². The molecule has 1 atom stereocenters. The number of aliphatic hydroxyl groups is 1. The molecule has 2 aromatic heterocycles. The number of hydrogen-bond donors (Lipinski definition) is 3. The molecule has 3 N–H and O–H groups in total. The highest BCUT2D eigenvalue weighted by atomic mass is 32.1. The van der Waals surface area contributed by atoms with Crippen molar-refractivity contribution in [2.24, 2.45) is 0 Å². The van der Waals surface area contributed by atoms with Crippen LogP contribution in [0.4, 0.5) is 18.3 Å². The lowest BCUT2D eigenvalue weighted by Crippen LogP contribution is -2.31. The molecule has 11 nitrogen and oxygen atoms in total. The highest BCUT2D eigenvalue weighted by Crippen LogP contribution is 2.24. The Kier molecular flexibility index (Phi) is 9.97. The molecule has 2 aromatic carbocycles. The number of nitrogens with one attached hydrogen (secondary N) is 2. The highest BCUT2D eigenvalue weighted by molar-refractivity contribution is 7.15. The van der Waals surface area contributed by atoms with E-state index in [4.69, 9.17) is 0 Å². The maximum atomic E-state index is 12.5. The van der Waals surface area contributed by atoms with Crippen molar-refractivity contribution in [3.8, 4) is 5.75 Å². The Morgan fingerprint density at radius 3 is 2.61 bits per heavy atom. The molecule has 4 rings (SSSR count). The number of ether oxygens (including phenoxy) is 1. The normalized spacial score (nSPS) is 12.1. The van der Waals surface area contributed by atoms with Crippen molar-refractivity contribution in [1.29, 1.82) is 0 Å². The van der Waals surface area contributed by atoms with Crippen molar-refractivity contribution in [3.05, 3.63) is 82.6 Å². The average molecular weight is 590 g/mol. The van der Waals surface area contributed by atoms with E-state index in [0.717, 1.165) is 24.1 Å². The largest absolute Gasteiger partial charge is 0.573 e. The van der Waals surface area contributed by atoms with Crippen LogP contribution in [0.5, 0.6) is 5.75 Å². The Hall–Kier alpha value is -4.37. The van der Waals surface area contributed by atoms with Gasteiger partial charge in [0.05, 0.1) is 25.3 Å². The van der Waals surface area contributed by atoms with Gasteiger partial charge in [0.2, 0.25) is 11.0 Å². The van der Waals surface area contributed by atoms with Crippen molar-refractivity contribution in [1.82, 2.24) is 30.5 Å². The Morgan fingerprint density at radius 1 is 1.05 bits per heavy atom. The first kappa shape index (κ1) is 29.6. The topological polar surface area (TPSA) is 144 Å². The van der Waals surface area contributed by atoms with E-state index < -0.39 is 30.0 Å². The van der Waals surface area contributed by atoms with Crippen LogP contribution in [-0.4, -0.2) is 55.1 Å². The third-order valence-electron chi connectivity index (χ3n) is 5.70. The first-order chi connectivity index (χ1) is 19.7. The zero-order valence-electron chi connectivity index (χ0n) is 21.5. The maximum Gasteiger partial charge on any atom is 0.573 e. The summed E-state index contributed by atoms with van der Waals surface area (Å²) in [5, 5.41) is 31.9. The van der Waals surface area contributed by atoms with Crippen molar-refractivity contribution in [2.75, 3.05) is 11.9 Å². The predicted molar refractivity (Wildman–Crippen MR) is 142 cm³/mol. The number of aliphatic hydroxyl groups excluding tert-OH is 1. The summed E-state index contributed by atoms with van der Waals surface area (Å²) >= 11 is 1.21. The summed E-state index contributed by atoms with van der Waals surface area (Å²) < 4.78 is 42.7. The zero-order valence-corrected chi connectivity index (χ0v) is 22.4. The number of anilines is 1. The Morgan fingerprint density at radius 2 is 1.85 bits per heavy atom. The molecule has 0 aliphatic carbocycles. The van der Waals surface area contributed by atoms with E-state index in [-0.39, 0.29) is 23.9 Å². The summed E-state index contributed by atoms with van der Waals surface area (Å²) in [4.78, 5) is 24.8. The van der Waals surface area contributed by atoms with Crippen molar-refractivity contribution < 1.29 is 32.6 Å². The van der Waals surface area contributed by atoms with Gasteiger partial charge in [-0.15, -0.1) is 28.5 Å². The minimum absolute atomic E-state index is 0.142. The molecular formula is C26H26F3N7O4S. The van der Waals surface area contributed by atoms with E-state index in [2.05, 4.69) is 35.9 Å². The van der Waals surface area contributed by atoms with Crippen molar-refractivity contribution >= 4 is 28.3 Å². The fourth-order valence-corrected chi connectivity index (χ4v) is 4.62. The second-order valence-corrected chi connectivity index (χ2v) is 9.93. The number of carbonyl (C=O) groups excluding carboxylic acids is 2. The summed E-state index contributed by atoms with van der Waals surface area (Å²) in [5.74, 6) is -1.29. The average Bonchev–Trinajstić information content (AvgIpc) is 3.59. The molecule has 0 saturated heterocycles. The minimum atomic E-state index is -4.81. The van der Waals surface area contributed by atoms with Gasteiger partial charge in [0, 0.05) is 13.0 Å². The lowest BCUT2D eigenvalue weighted by molar-refractivity contribution is -0.274. The summed E-state index contributed by atoms with van der Waals surface area (Å²) in [7, 11) is 0. The van der Waals surface area contributed by atoms with E-state index in [1.807, 2.05) is 30.3 Å². The van der Waals surface area contributed by atoms with Gasteiger partial charge in [0.15, 0.2) is 5.69 Å². The summed E-state index contributed by atoms with van der Waals surface area (Å²) in [6.07, 6.45) is -1.39. The van der Waals surface area contributed by atoms with E-state index in [1.165, 1.54) is 29.7 Å². The molecule has 15 heteroatoms. The van der Waals surface area contributed by atoms with Crippen molar-refractivity contribution in [3.63, 3.8) is 0 Å². The summed E-state index contributed by atoms with van der Waals surface area (Å²) in [6, 6.07) is 13.8. The molecule has 41 heavy (non-hydrogen) atoms. The smallest absolute Gasteiger partial charge is 0.406 e. The molecule has 0 spiro atoms. The van der Waals surface area contributed by atoms with Gasteiger partial charge in [-0.3, -0.25) is 14.3 Å². The number of halogens is 3. The molecule has 1 unspecified atom stereocenters. The number of unbranched alkanes of at least 4 members (excludes halogenated alkanes) is 1. The monoisotopic (exact) mass is 589 g/mol. The van der Waals surface area contributed by atoms with Crippen LogP contribution in [0, 0.1) is 0 Å². The number of alkyl halides is 3. The van der Waals surface area contributed by atoms with Crippen LogP contribution in [0.25, 0.3) is 0 Å². The second kappa shape index (κ2) is 13.8. The molecule has 0 bridgehead atoms. The molecule has 0 radical (unpaired) electrons. The van der Waals surface area contributed by atoms with E-state index in [9.17, 15) is 27.9 Å². The first-order valence-corrected chi connectivity index (χ1v) is 13.3.